The molecule has 0 amide bonds. The van der Waals surface area contributed by atoms with Gasteiger partial charge in [-0.15, -0.1) is 0 Å². The van der Waals surface area contributed by atoms with Gasteiger partial charge in [-0.3, -0.25) is 0 Å². The van der Waals surface area contributed by atoms with Crippen LogP contribution >= 0.6 is 39.1 Å². The number of rotatable bonds is 2. The molecule has 1 atom stereocenters. The molecule has 1 saturated carbocycles. The molecule has 0 radical (unpaired) electrons. The van der Waals surface area contributed by atoms with Gasteiger partial charge in [0.2, 0.25) is 0 Å². The highest BCUT2D eigenvalue weighted by atomic mass is 79.9. The van der Waals surface area contributed by atoms with Crippen LogP contribution < -0.4 is 0 Å². The minimum Gasteiger partial charge on any atom is -0.0843 e. The molecule has 1 fully saturated rings. The van der Waals surface area contributed by atoms with E-state index in [0.717, 1.165) is 21.5 Å². The van der Waals surface area contributed by atoms with Crippen molar-refractivity contribution >= 4 is 39.1 Å². The van der Waals surface area contributed by atoms with Crippen molar-refractivity contribution < 1.29 is 0 Å². The van der Waals surface area contributed by atoms with Crippen molar-refractivity contribution in [1.29, 1.82) is 0 Å². The fourth-order valence-electron chi connectivity index (χ4n) is 1.37. The van der Waals surface area contributed by atoms with Crippen LogP contribution in [0.15, 0.2) is 18.2 Å². The molecule has 0 aromatic heterocycles. The number of alkyl halides is 1. The molecule has 3 heteroatoms. The van der Waals surface area contributed by atoms with E-state index in [1.54, 1.807) is 0 Å². The van der Waals surface area contributed by atoms with Crippen LogP contribution in [0.4, 0.5) is 0 Å². The van der Waals surface area contributed by atoms with Crippen LogP contribution in [0, 0.1) is 5.92 Å². The predicted octanol–water partition coefficient (Wildman–Crippen LogP) is 4.84. The first-order valence-electron chi connectivity index (χ1n) is 4.27. The van der Waals surface area contributed by atoms with E-state index in [2.05, 4.69) is 15.9 Å². The molecule has 0 aliphatic heterocycles. The average molecular weight is 280 g/mol. The maximum Gasteiger partial charge on any atom is 0.0450 e. The number of benzene rings is 1. The van der Waals surface area contributed by atoms with Crippen molar-refractivity contribution in [2.45, 2.75) is 17.7 Å². The molecular formula is C10H9BrCl2. The molecule has 0 N–H and O–H groups in total. The lowest BCUT2D eigenvalue weighted by Gasteiger charge is -2.10. The molecule has 0 nitrogen and oxygen atoms in total. The lowest BCUT2D eigenvalue weighted by atomic mass is 10.1. The van der Waals surface area contributed by atoms with E-state index >= 15 is 0 Å². The molecule has 1 aliphatic carbocycles. The summed E-state index contributed by atoms with van der Waals surface area (Å²) in [6, 6.07) is 5.62. The van der Waals surface area contributed by atoms with E-state index in [0.29, 0.717) is 4.83 Å². The highest BCUT2D eigenvalue weighted by Gasteiger charge is 2.31. The second-order valence-electron chi connectivity index (χ2n) is 3.41. The zero-order valence-corrected chi connectivity index (χ0v) is 10.0. The average Bonchev–Trinajstić information content (AvgIpc) is 2.91. The summed E-state index contributed by atoms with van der Waals surface area (Å²) in [6.07, 6.45) is 2.58. The molecule has 0 bridgehead atoms. The molecule has 0 spiro atoms. The Morgan fingerprint density at radius 1 is 1.31 bits per heavy atom. The fraction of sp³-hybridized carbons (Fsp3) is 0.400. The molecule has 1 aromatic rings. The third-order valence-corrected chi connectivity index (χ3v) is 4.11. The lowest BCUT2D eigenvalue weighted by Crippen LogP contribution is -1.92. The second-order valence-corrected chi connectivity index (χ2v) is 5.24. The summed E-state index contributed by atoms with van der Waals surface area (Å²) in [5.74, 6) is 0.746. The van der Waals surface area contributed by atoms with Crippen LogP contribution in [0.5, 0.6) is 0 Å². The maximum absolute atomic E-state index is 6.07. The highest BCUT2D eigenvalue weighted by Crippen LogP contribution is 2.48. The van der Waals surface area contributed by atoms with Crippen LogP contribution in [0.3, 0.4) is 0 Å². The van der Waals surface area contributed by atoms with Gasteiger partial charge in [0.15, 0.2) is 0 Å². The van der Waals surface area contributed by atoms with Gasteiger partial charge in [0.25, 0.3) is 0 Å². The molecule has 2 rings (SSSR count). The molecule has 1 aromatic carbocycles. The molecule has 13 heavy (non-hydrogen) atoms. The third kappa shape index (κ3) is 2.20. The van der Waals surface area contributed by atoms with E-state index in [1.807, 2.05) is 18.2 Å². The van der Waals surface area contributed by atoms with Gasteiger partial charge in [0.05, 0.1) is 0 Å². The topological polar surface area (TPSA) is 0 Å². The zero-order valence-electron chi connectivity index (χ0n) is 6.93. The summed E-state index contributed by atoms with van der Waals surface area (Å²) in [4.78, 5) is 0.374. The van der Waals surface area contributed by atoms with Gasteiger partial charge < -0.3 is 0 Å². The van der Waals surface area contributed by atoms with Gasteiger partial charge in [0.1, 0.15) is 0 Å². The van der Waals surface area contributed by atoms with Crippen molar-refractivity contribution in [3.05, 3.63) is 33.8 Å². The molecule has 1 unspecified atom stereocenters. The van der Waals surface area contributed by atoms with Crippen LogP contribution in [-0.2, 0) is 0 Å². The number of halogens is 3. The summed E-state index contributed by atoms with van der Waals surface area (Å²) < 4.78 is 0. The van der Waals surface area contributed by atoms with Crippen molar-refractivity contribution in [3.63, 3.8) is 0 Å². The van der Waals surface area contributed by atoms with E-state index in [-0.39, 0.29) is 0 Å². The number of hydrogen-bond donors (Lipinski definition) is 0. The van der Waals surface area contributed by atoms with E-state index in [1.165, 1.54) is 12.8 Å². The quantitative estimate of drug-likeness (QED) is 0.680. The fourth-order valence-corrected chi connectivity index (χ4v) is 2.82. The van der Waals surface area contributed by atoms with Crippen molar-refractivity contribution in [1.82, 2.24) is 0 Å². The van der Waals surface area contributed by atoms with Gasteiger partial charge in [-0.25, -0.2) is 0 Å². The molecule has 0 saturated heterocycles. The smallest absolute Gasteiger partial charge is 0.0450 e. The minimum atomic E-state index is 0.374. The molecule has 0 heterocycles. The Balaban J connectivity index is 2.31. The van der Waals surface area contributed by atoms with Gasteiger partial charge >= 0.3 is 0 Å². The minimum absolute atomic E-state index is 0.374. The SMILES string of the molecule is Clc1ccc(Cl)c(C(Br)C2CC2)c1. The Labute approximate surface area is 96.4 Å². The maximum atomic E-state index is 6.07. The summed E-state index contributed by atoms with van der Waals surface area (Å²) in [5.41, 5.74) is 1.12. The van der Waals surface area contributed by atoms with Crippen molar-refractivity contribution in [2.75, 3.05) is 0 Å². The zero-order chi connectivity index (χ0) is 9.42. The summed E-state index contributed by atoms with van der Waals surface area (Å²) in [5, 5.41) is 1.56. The van der Waals surface area contributed by atoms with Crippen LogP contribution in [-0.4, -0.2) is 0 Å². The third-order valence-electron chi connectivity index (χ3n) is 2.29. The van der Waals surface area contributed by atoms with E-state index in [9.17, 15) is 0 Å². The highest BCUT2D eigenvalue weighted by molar-refractivity contribution is 9.09. The predicted molar refractivity (Wildman–Crippen MR) is 60.9 cm³/mol. The summed E-state index contributed by atoms with van der Waals surface area (Å²) in [7, 11) is 0. The van der Waals surface area contributed by atoms with E-state index in [4.69, 9.17) is 23.2 Å². The first-order valence-corrected chi connectivity index (χ1v) is 5.94. The Morgan fingerprint density at radius 2 is 2.00 bits per heavy atom. The van der Waals surface area contributed by atoms with Crippen LogP contribution in [0.1, 0.15) is 23.2 Å². The normalized spacial score (nSPS) is 18.7. The first kappa shape index (κ1) is 9.82. The van der Waals surface area contributed by atoms with Crippen molar-refractivity contribution in [3.8, 4) is 0 Å². The molecular weight excluding hydrogens is 271 g/mol. The molecule has 70 valence electrons. The second kappa shape index (κ2) is 3.80. The monoisotopic (exact) mass is 278 g/mol. The lowest BCUT2D eigenvalue weighted by molar-refractivity contribution is 0.823. The number of hydrogen-bond acceptors (Lipinski definition) is 0. The van der Waals surface area contributed by atoms with Crippen LogP contribution in [0.2, 0.25) is 10.0 Å². The Hall–Kier alpha value is 0.280. The van der Waals surface area contributed by atoms with Gasteiger partial charge in [-0.2, -0.15) is 0 Å². The Bertz CT molecular complexity index is 321. The summed E-state index contributed by atoms with van der Waals surface area (Å²) in [6.45, 7) is 0. The van der Waals surface area contributed by atoms with E-state index < -0.39 is 0 Å². The van der Waals surface area contributed by atoms with Crippen LogP contribution in [0.25, 0.3) is 0 Å². The Kier molecular flexibility index (Phi) is 2.87. The summed E-state index contributed by atoms with van der Waals surface area (Å²) >= 11 is 15.6. The first-order chi connectivity index (χ1) is 6.18. The van der Waals surface area contributed by atoms with Crippen molar-refractivity contribution in [2.24, 2.45) is 5.92 Å². The molecule has 1 aliphatic rings. The van der Waals surface area contributed by atoms with Gasteiger partial charge in [0, 0.05) is 14.9 Å². The Morgan fingerprint density at radius 3 is 2.62 bits per heavy atom. The van der Waals surface area contributed by atoms with Gasteiger partial charge in [-0.1, -0.05) is 39.1 Å². The van der Waals surface area contributed by atoms with Gasteiger partial charge in [-0.05, 0) is 42.5 Å². The standard InChI is InChI=1S/C10H9BrCl2/c11-10(6-1-2-6)8-5-7(12)3-4-9(8)13/h3-6,10H,1-2H2. The largest absolute Gasteiger partial charge is 0.0843 e.